The fourth-order valence-electron chi connectivity index (χ4n) is 4.94. The van der Waals surface area contributed by atoms with Crippen LogP contribution in [0.3, 0.4) is 0 Å². The maximum Gasteiger partial charge on any atom is 0.111 e. The van der Waals surface area contributed by atoms with Crippen LogP contribution in [-0.2, 0) is 6.42 Å². The van der Waals surface area contributed by atoms with Crippen LogP contribution in [0.15, 0.2) is 29.5 Å². The van der Waals surface area contributed by atoms with Gasteiger partial charge in [0.05, 0.1) is 0 Å². The Morgan fingerprint density at radius 1 is 0.846 bits per heavy atom. The van der Waals surface area contributed by atoms with E-state index >= 15 is 0 Å². The van der Waals surface area contributed by atoms with Gasteiger partial charge in [-0.2, -0.15) is 0 Å². The molecule has 0 nitrogen and oxygen atoms in total. The third-order valence-corrected chi connectivity index (χ3v) is 12.0. The minimum atomic E-state index is -1.72. The van der Waals surface area contributed by atoms with E-state index in [2.05, 4.69) is 78.4 Å². The Morgan fingerprint density at radius 3 is 2.00 bits per heavy atom. The molecule has 0 aromatic heterocycles. The van der Waals surface area contributed by atoms with Gasteiger partial charge in [-0.25, -0.2) is 0 Å². The van der Waals surface area contributed by atoms with Gasteiger partial charge in [-0.1, -0.05) is 61.9 Å². The van der Waals surface area contributed by atoms with Crippen LogP contribution in [0.1, 0.15) is 58.7 Å². The fraction of sp³-hybridized carbons (Fsp3) is 0.440. The van der Waals surface area contributed by atoms with Crippen LogP contribution < -0.4 is 5.19 Å². The van der Waals surface area contributed by atoms with Gasteiger partial charge in [-0.15, -0.1) is 0 Å². The van der Waals surface area contributed by atoms with Crippen molar-refractivity contribution in [3.05, 3.63) is 68.4 Å². The van der Waals surface area contributed by atoms with Crippen molar-refractivity contribution in [3.63, 3.8) is 0 Å². The summed E-state index contributed by atoms with van der Waals surface area (Å²) in [5.41, 5.74) is 10.6. The lowest BCUT2D eigenvalue weighted by Crippen LogP contribution is -2.50. The SMILES string of the molecule is CCCC[Si](C)(C1=Cc2ccccc2C1)c1c(C)c(C)c(C)c(C)c1C. The lowest BCUT2D eigenvalue weighted by molar-refractivity contribution is 0.869. The first kappa shape index (κ1) is 19.2. The summed E-state index contributed by atoms with van der Waals surface area (Å²) in [5, 5.41) is 3.46. The van der Waals surface area contributed by atoms with Gasteiger partial charge >= 0.3 is 0 Å². The molecule has 0 N–H and O–H groups in total. The summed E-state index contributed by atoms with van der Waals surface area (Å²) >= 11 is 0. The molecule has 0 aliphatic heterocycles. The second-order valence-corrected chi connectivity index (χ2v) is 12.8. The average Bonchev–Trinajstić information content (AvgIpc) is 3.08. The summed E-state index contributed by atoms with van der Waals surface area (Å²) in [6.45, 7) is 16.7. The molecule has 0 bridgehead atoms. The molecule has 3 rings (SSSR count). The van der Waals surface area contributed by atoms with E-state index in [0.717, 1.165) is 6.42 Å². The first-order valence-electron chi connectivity index (χ1n) is 10.2. The minimum absolute atomic E-state index is 1.16. The summed E-state index contributed by atoms with van der Waals surface area (Å²) in [4.78, 5) is 0. The van der Waals surface area contributed by atoms with Crippen molar-refractivity contribution in [2.75, 3.05) is 0 Å². The van der Waals surface area contributed by atoms with Gasteiger partial charge in [-0.05, 0) is 91.2 Å². The zero-order chi connectivity index (χ0) is 19.1. The second kappa shape index (κ2) is 7.19. The third-order valence-electron chi connectivity index (χ3n) is 7.06. The van der Waals surface area contributed by atoms with E-state index in [1.165, 1.54) is 46.7 Å². The molecule has 2 aromatic carbocycles. The fourth-order valence-corrected chi connectivity index (χ4v) is 9.98. The maximum absolute atomic E-state index is 2.64. The largest absolute Gasteiger partial charge is 0.111 e. The first-order valence-corrected chi connectivity index (χ1v) is 12.9. The molecule has 138 valence electrons. The summed E-state index contributed by atoms with van der Waals surface area (Å²) in [5.74, 6) is 0. The zero-order valence-electron chi connectivity index (χ0n) is 17.7. The zero-order valence-corrected chi connectivity index (χ0v) is 18.7. The summed E-state index contributed by atoms with van der Waals surface area (Å²) < 4.78 is 0. The summed E-state index contributed by atoms with van der Waals surface area (Å²) in [6.07, 6.45) is 6.32. The van der Waals surface area contributed by atoms with Gasteiger partial charge in [0.1, 0.15) is 8.07 Å². The monoisotopic (exact) mass is 362 g/mol. The highest BCUT2D eigenvalue weighted by atomic mass is 28.3. The first-order chi connectivity index (χ1) is 12.3. The van der Waals surface area contributed by atoms with Crippen LogP contribution in [0.25, 0.3) is 6.08 Å². The van der Waals surface area contributed by atoms with Gasteiger partial charge < -0.3 is 0 Å². The molecule has 0 saturated carbocycles. The van der Waals surface area contributed by atoms with Crippen LogP contribution in [-0.4, -0.2) is 8.07 Å². The van der Waals surface area contributed by atoms with E-state index in [1.54, 1.807) is 21.5 Å². The Bertz CT molecular complexity index is 843. The Kier molecular flexibility index (Phi) is 5.30. The van der Waals surface area contributed by atoms with Crippen molar-refractivity contribution < 1.29 is 0 Å². The smallest absolute Gasteiger partial charge is 0.0708 e. The Morgan fingerprint density at radius 2 is 1.42 bits per heavy atom. The number of benzene rings is 2. The highest BCUT2D eigenvalue weighted by molar-refractivity contribution is 6.97. The predicted octanol–water partition coefficient (Wildman–Crippen LogP) is 6.49. The number of fused-ring (bicyclic) bond motifs is 1. The molecule has 1 aliphatic rings. The van der Waals surface area contributed by atoms with E-state index in [1.807, 2.05) is 0 Å². The van der Waals surface area contributed by atoms with Gasteiger partial charge in [0, 0.05) is 0 Å². The number of hydrogen-bond acceptors (Lipinski definition) is 0. The molecule has 1 atom stereocenters. The van der Waals surface area contributed by atoms with Crippen molar-refractivity contribution in [2.24, 2.45) is 0 Å². The van der Waals surface area contributed by atoms with Gasteiger partial charge in [0.2, 0.25) is 0 Å². The van der Waals surface area contributed by atoms with Gasteiger partial charge in [-0.3, -0.25) is 0 Å². The van der Waals surface area contributed by atoms with Crippen molar-refractivity contribution in [1.29, 1.82) is 0 Å². The molecule has 0 spiro atoms. The number of allylic oxidation sites excluding steroid dienone is 1. The van der Waals surface area contributed by atoms with Crippen LogP contribution in [0.4, 0.5) is 0 Å². The van der Waals surface area contributed by atoms with Crippen LogP contribution in [0, 0.1) is 34.6 Å². The molecule has 2 aromatic rings. The standard InChI is InChI=1S/C25H34Si/c1-8-9-14-26(7,24-15-22-12-10-11-13-23(22)16-24)25-20(5)18(3)17(2)19(4)21(25)6/h10-13,15H,8-9,14,16H2,1-7H3. The molecule has 1 aliphatic carbocycles. The van der Waals surface area contributed by atoms with Crippen LogP contribution in [0.2, 0.25) is 12.6 Å². The van der Waals surface area contributed by atoms with Crippen LogP contribution in [0.5, 0.6) is 0 Å². The van der Waals surface area contributed by atoms with E-state index in [4.69, 9.17) is 0 Å². The Labute approximate surface area is 161 Å². The molecular weight excluding hydrogens is 328 g/mol. The number of hydrogen-bond donors (Lipinski definition) is 0. The van der Waals surface area contributed by atoms with E-state index < -0.39 is 8.07 Å². The van der Waals surface area contributed by atoms with Crippen molar-refractivity contribution in [3.8, 4) is 0 Å². The van der Waals surface area contributed by atoms with Crippen molar-refractivity contribution >= 4 is 19.3 Å². The summed E-state index contributed by atoms with van der Waals surface area (Å²) in [6, 6.07) is 10.4. The van der Waals surface area contributed by atoms with E-state index in [0.29, 0.717) is 0 Å². The topological polar surface area (TPSA) is 0 Å². The number of unbranched alkanes of at least 4 members (excludes halogenated alkanes) is 1. The van der Waals surface area contributed by atoms with Crippen LogP contribution >= 0.6 is 0 Å². The van der Waals surface area contributed by atoms with Crippen molar-refractivity contribution in [2.45, 2.75) is 73.4 Å². The quantitative estimate of drug-likeness (QED) is 0.533. The second-order valence-electron chi connectivity index (χ2n) is 8.48. The van der Waals surface area contributed by atoms with Crippen molar-refractivity contribution in [1.82, 2.24) is 0 Å². The average molecular weight is 363 g/mol. The molecule has 1 heteroatoms. The lowest BCUT2D eigenvalue weighted by atomic mass is 9.95. The molecule has 0 radical (unpaired) electrons. The molecule has 0 fully saturated rings. The van der Waals surface area contributed by atoms with E-state index in [-0.39, 0.29) is 0 Å². The molecule has 26 heavy (non-hydrogen) atoms. The number of rotatable bonds is 5. The Balaban J connectivity index is 2.20. The molecular formula is C25H34Si. The molecule has 1 unspecified atom stereocenters. The summed E-state index contributed by atoms with van der Waals surface area (Å²) in [7, 11) is -1.72. The maximum atomic E-state index is 2.64. The van der Waals surface area contributed by atoms with E-state index in [9.17, 15) is 0 Å². The predicted molar refractivity (Wildman–Crippen MR) is 119 cm³/mol. The molecule has 0 heterocycles. The highest BCUT2D eigenvalue weighted by Gasteiger charge is 2.38. The lowest BCUT2D eigenvalue weighted by Gasteiger charge is -2.35. The molecule has 0 saturated heterocycles. The van der Waals surface area contributed by atoms with Gasteiger partial charge in [0.25, 0.3) is 0 Å². The minimum Gasteiger partial charge on any atom is -0.0708 e. The molecule has 0 amide bonds. The van der Waals surface area contributed by atoms with Gasteiger partial charge in [0.15, 0.2) is 0 Å². The third kappa shape index (κ3) is 3.01. The highest BCUT2D eigenvalue weighted by Crippen LogP contribution is 2.36. The Hall–Kier alpha value is -1.60. The normalized spacial score (nSPS) is 15.6.